The summed E-state index contributed by atoms with van der Waals surface area (Å²) in [6.07, 6.45) is 1.83. The van der Waals surface area contributed by atoms with E-state index in [1.165, 1.54) is 0 Å². The lowest BCUT2D eigenvalue weighted by atomic mass is 9.97. The maximum absolute atomic E-state index is 12.6. The molecule has 3 heterocycles. The summed E-state index contributed by atoms with van der Waals surface area (Å²) in [6, 6.07) is 15.5. The number of benzene rings is 1. The van der Waals surface area contributed by atoms with Crippen molar-refractivity contribution in [1.29, 1.82) is 0 Å². The molecule has 1 aromatic carbocycles. The van der Waals surface area contributed by atoms with Crippen LogP contribution in [0.25, 0.3) is 5.82 Å². The number of para-hydroxylation sites is 1. The first-order valence-electron chi connectivity index (χ1n) is 9.58. The van der Waals surface area contributed by atoms with Gasteiger partial charge in [-0.3, -0.25) is 4.79 Å². The molecule has 7 nitrogen and oxygen atoms in total. The molecule has 144 valence electrons. The van der Waals surface area contributed by atoms with E-state index in [2.05, 4.69) is 25.5 Å². The average molecular weight is 376 g/mol. The molecule has 3 aromatic rings. The molecule has 1 N–H and O–H groups in total. The number of aromatic nitrogens is 4. The van der Waals surface area contributed by atoms with Crippen LogP contribution in [0.3, 0.4) is 0 Å². The summed E-state index contributed by atoms with van der Waals surface area (Å²) in [6.45, 7) is 5.48. The Labute approximate surface area is 164 Å². The molecule has 7 heteroatoms. The molecule has 1 aliphatic heterocycles. The Morgan fingerprint density at radius 2 is 1.82 bits per heavy atom. The van der Waals surface area contributed by atoms with Crippen LogP contribution in [0.5, 0.6) is 0 Å². The summed E-state index contributed by atoms with van der Waals surface area (Å²) < 4.78 is 1.79. The number of nitrogens with zero attached hydrogens (tertiary/aromatic N) is 5. The summed E-state index contributed by atoms with van der Waals surface area (Å²) in [7, 11) is 0. The summed E-state index contributed by atoms with van der Waals surface area (Å²) in [5.74, 6) is 1.49. The fraction of sp³-hybridized carbons (Fsp3) is 0.333. The van der Waals surface area contributed by atoms with E-state index >= 15 is 0 Å². The third-order valence-corrected chi connectivity index (χ3v) is 5.02. The first kappa shape index (κ1) is 18.2. The van der Waals surface area contributed by atoms with E-state index in [0.29, 0.717) is 12.4 Å². The van der Waals surface area contributed by atoms with Gasteiger partial charge in [-0.25, -0.2) is 4.68 Å². The Balaban J connectivity index is 1.44. The predicted molar refractivity (Wildman–Crippen MR) is 109 cm³/mol. The van der Waals surface area contributed by atoms with Crippen molar-refractivity contribution in [3.8, 4) is 5.82 Å². The SMILES string of the molecule is Cc1cc(C)n(-c2ccc(N3CCCC(C(=O)Nc4ccccc4)C3)nn2)n1. The van der Waals surface area contributed by atoms with Crippen molar-refractivity contribution in [1.82, 2.24) is 20.0 Å². The number of piperidine rings is 1. The molecule has 1 unspecified atom stereocenters. The number of carbonyl (C=O) groups is 1. The maximum atomic E-state index is 12.6. The number of hydrogen-bond donors (Lipinski definition) is 1. The van der Waals surface area contributed by atoms with Crippen molar-refractivity contribution in [2.24, 2.45) is 5.92 Å². The standard InChI is InChI=1S/C21H24N6O/c1-15-13-16(2)27(25-15)20-11-10-19(23-24-20)26-12-6-7-17(14-26)21(28)22-18-8-4-3-5-9-18/h3-5,8-11,13,17H,6-7,12,14H2,1-2H3,(H,22,28). The average Bonchev–Trinajstić information content (AvgIpc) is 3.07. The topological polar surface area (TPSA) is 75.9 Å². The lowest BCUT2D eigenvalue weighted by Crippen LogP contribution is -2.41. The molecule has 0 aliphatic carbocycles. The quantitative estimate of drug-likeness (QED) is 0.757. The van der Waals surface area contributed by atoms with Gasteiger partial charge in [-0.1, -0.05) is 18.2 Å². The van der Waals surface area contributed by atoms with E-state index in [1.807, 2.05) is 62.4 Å². The summed E-state index contributed by atoms with van der Waals surface area (Å²) >= 11 is 0. The van der Waals surface area contributed by atoms with Crippen LogP contribution in [0.2, 0.25) is 0 Å². The second-order valence-electron chi connectivity index (χ2n) is 7.23. The monoisotopic (exact) mass is 376 g/mol. The van der Waals surface area contributed by atoms with Crippen molar-refractivity contribution in [2.45, 2.75) is 26.7 Å². The number of rotatable bonds is 4. The molecule has 0 radical (unpaired) electrons. The second kappa shape index (κ2) is 7.80. The normalized spacial score (nSPS) is 16.8. The zero-order valence-corrected chi connectivity index (χ0v) is 16.2. The summed E-state index contributed by atoms with van der Waals surface area (Å²) in [4.78, 5) is 14.8. The van der Waals surface area contributed by atoms with Crippen LogP contribution in [0, 0.1) is 19.8 Å². The Kier molecular flexibility index (Phi) is 5.06. The third-order valence-electron chi connectivity index (χ3n) is 5.02. The van der Waals surface area contributed by atoms with Gasteiger partial charge in [0.15, 0.2) is 11.6 Å². The van der Waals surface area contributed by atoms with E-state index in [0.717, 1.165) is 42.3 Å². The number of nitrogens with one attached hydrogen (secondary N) is 1. The predicted octanol–water partition coefficient (Wildman–Crippen LogP) is 3.13. The smallest absolute Gasteiger partial charge is 0.229 e. The third kappa shape index (κ3) is 3.88. The van der Waals surface area contributed by atoms with Gasteiger partial charge < -0.3 is 10.2 Å². The minimum Gasteiger partial charge on any atom is -0.354 e. The number of hydrogen-bond acceptors (Lipinski definition) is 5. The van der Waals surface area contributed by atoms with E-state index in [9.17, 15) is 4.79 Å². The van der Waals surface area contributed by atoms with Gasteiger partial charge >= 0.3 is 0 Å². The molecule has 1 saturated heterocycles. The van der Waals surface area contributed by atoms with Gasteiger partial charge in [-0.05, 0) is 57.0 Å². The molecule has 2 aromatic heterocycles. The van der Waals surface area contributed by atoms with Crippen molar-refractivity contribution in [2.75, 3.05) is 23.3 Å². The number of carbonyl (C=O) groups excluding carboxylic acids is 1. The Bertz CT molecular complexity index is 951. The van der Waals surface area contributed by atoms with Gasteiger partial charge in [0, 0.05) is 24.5 Å². The Morgan fingerprint density at radius 1 is 1.07 bits per heavy atom. The molecule has 0 saturated carbocycles. The maximum Gasteiger partial charge on any atom is 0.229 e. The van der Waals surface area contributed by atoms with Crippen LogP contribution >= 0.6 is 0 Å². The highest BCUT2D eigenvalue weighted by molar-refractivity contribution is 5.93. The Hall–Kier alpha value is -3.22. The highest BCUT2D eigenvalue weighted by Crippen LogP contribution is 2.23. The van der Waals surface area contributed by atoms with Gasteiger partial charge in [-0.2, -0.15) is 5.10 Å². The van der Waals surface area contributed by atoms with Crippen molar-refractivity contribution in [3.63, 3.8) is 0 Å². The van der Waals surface area contributed by atoms with Crippen molar-refractivity contribution in [3.05, 3.63) is 59.9 Å². The molecule has 1 atom stereocenters. The zero-order valence-electron chi connectivity index (χ0n) is 16.2. The minimum absolute atomic E-state index is 0.0584. The molecular formula is C21H24N6O. The number of amides is 1. The molecule has 4 rings (SSSR count). The fourth-order valence-electron chi connectivity index (χ4n) is 3.63. The van der Waals surface area contributed by atoms with Crippen molar-refractivity contribution >= 4 is 17.4 Å². The van der Waals surface area contributed by atoms with Gasteiger partial charge in [0.25, 0.3) is 0 Å². The van der Waals surface area contributed by atoms with Gasteiger partial charge in [0.05, 0.1) is 11.6 Å². The van der Waals surface area contributed by atoms with Crippen molar-refractivity contribution < 1.29 is 4.79 Å². The van der Waals surface area contributed by atoms with E-state index in [1.54, 1.807) is 4.68 Å². The Morgan fingerprint density at radius 3 is 2.50 bits per heavy atom. The lowest BCUT2D eigenvalue weighted by Gasteiger charge is -2.32. The number of aryl methyl sites for hydroxylation is 2. The molecule has 28 heavy (non-hydrogen) atoms. The van der Waals surface area contributed by atoms with E-state index in [-0.39, 0.29) is 11.8 Å². The van der Waals surface area contributed by atoms with E-state index < -0.39 is 0 Å². The van der Waals surface area contributed by atoms with Crippen LogP contribution in [-0.4, -0.2) is 39.0 Å². The molecule has 1 fully saturated rings. The molecule has 0 spiro atoms. The minimum atomic E-state index is -0.0635. The van der Waals surface area contributed by atoms with Crippen LogP contribution in [0.1, 0.15) is 24.2 Å². The van der Waals surface area contributed by atoms with Crippen LogP contribution < -0.4 is 10.2 Å². The molecule has 1 aliphatic rings. The molecule has 0 bridgehead atoms. The highest BCUT2D eigenvalue weighted by Gasteiger charge is 2.27. The van der Waals surface area contributed by atoms with Gasteiger partial charge in [-0.15, -0.1) is 10.2 Å². The van der Waals surface area contributed by atoms with Crippen LogP contribution in [-0.2, 0) is 4.79 Å². The molecular weight excluding hydrogens is 352 g/mol. The summed E-state index contributed by atoms with van der Waals surface area (Å²) in [5.41, 5.74) is 2.81. The van der Waals surface area contributed by atoms with Crippen LogP contribution in [0.4, 0.5) is 11.5 Å². The van der Waals surface area contributed by atoms with Gasteiger partial charge in [0.1, 0.15) is 0 Å². The largest absolute Gasteiger partial charge is 0.354 e. The molecule has 1 amide bonds. The second-order valence-corrected chi connectivity index (χ2v) is 7.23. The van der Waals surface area contributed by atoms with Gasteiger partial charge in [0.2, 0.25) is 5.91 Å². The fourth-order valence-corrected chi connectivity index (χ4v) is 3.63. The first-order chi connectivity index (χ1) is 13.6. The van der Waals surface area contributed by atoms with Crippen LogP contribution in [0.15, 0.2) is 48.5 Å². The first-order valence-corrected chi connectivity index (χ1v) is 9.58. The zero-order chi connectivity index (χ0) is 19.5. The highest BCUT2D eigenvalue weighted by atomic mass is 16.1. The number of anilines is 2. The summed E-state index contributed by atoms with van der Waals surface area (Å²) in [5, 5.41) is 16.2. The lowest BCUT2D eigenvalue weighted by molar-refractivity contribution is -0.120. The van der Waals surface area contributed by atoms with E-state index in [4.69, 9.17) is 0 Å².